The molecule has 0 radical (unpaired) electrons. The van der Waals surface area contributed by atoms with Crippen LogP contribution in [0, 0.1) is 0 Å². The third-order valence-electron chi connectivity index (χ3n) is 16.5. The number of rotatable bonds is 2. The minimum Gasteiger partial charge on any atom is -0.334 e. The summed E-state index contributed by atoms with van der Waals surface area (Å²) in [6.07, 6.45) is 4.90. The van der Waals surface area contributed by atoms with E-state index >= 15 is 0 Å². The van der Waals surface area contributed by atoms with Crippen molar-refractivity contribution < 1.29 is 0 Å². The molecule has 0 saturated heterocycles. The second-order valence-corrected chi connectivity index (χ2v) is 19.1. The van der Waals surface area contributed by atoms with Gasteiger partial charge in [0.05, 0.1) is 27.6 Å². The van der Waals surface area contributed by atoms with Crippen LogP contribution in [-0.2, 0) is 5.41 Å². The Morgan fingerprint density at radius 1 is 0.459 bits per heavy atom. The summed E-state index contributed by atoms with van der Waals surface area (Å²) in [5, 5.41) is 5.36. The van der Waals surface area contributed by atoms with Gasteiger partial charge >= 0.3 is 0 Å². The number of fused-ring (bicyclic) bond motifs is 18. The van der Waals surface area contributed by atoms with Gasteiger partial charge in [0.25, 0.3) is 6.71 Å². The zero-order valence-electron chi connectivity index (χ0n) is 34.4. The van der Waals surface area contributed by atoms with Crippen molar-refractivity contribution >= 4 is 101 Å². The first-order valence-corrected chi connectivity index (χ1v) is 22.4. The molecule has 61 heavy (non-hydrogen) atoms. The van der Waals surface area contributed by atoms with Gasteiger partial charge < -0.3 is 14.0 Å². The molecular formula is C56H41B2N3. The van der Waals surface area contributed by atoms with Gasteiger partial charge in [-0.25, -0.2) is 0 Å². The number of benzene rings is 8. The van der Waals surface area contributed by atoms with Crippen LogP contribution in [-0.4, -0.2) is 28.1 Å². The summed E-state index contributed by atoms with van der Waals surface area (Å²) in [6, 6.07) is 63.2. The van der Waals surface area contributed by atoms with Gasteiger partial charge in [-0.05, 0) is 101 Å². The lowest BCUT2D eigenvalue weighted by Gasteiger charge is -2.50. The van der Waals surface area contributed by atoms with E-state index in [0.29, 0.717) is 0 Å². The van der Waals surface area contributed by atoms with Gasteiger partial charge in [-0.1, -0.05) is 151 Å². The third-order valence-corrected chi connectivity index (χ3v) is 16.5. The molecule has 1 saturated carbocycles. The maximum absolute atomic E-state index is 2.76. The van der Waals surface area contributed by atoms with Crippen LogP contribution in [0.1, 0.15) is 45.1 Å². The summed E-state index contributed by atoms with van der Waals surface area (Å²) in [6.45, 7) is 5.38. The fourth-order valence-corrected chi connectivity index (χ4v) is 13.7. The average Bonchev–Trinajstić information content (AvgIpc) is 3.99. The van der Waals surface area contributed by atoms with E-state index in [1.165, 1.54) is 142 Å². The number of hydrogen-bond donors (Lipinski definition) is 0. The normalized spacial score (nSPS) is 20.1. The first kappa shape index (κ1) is 33.1. The summed E-state index contributed by atoms with van der Waals surface area (Å²) in [5.41, 5.74) is 23.3. The van der Waals surface area contributed by atoms with Crippen LogP contribution >= 0.6 is 0 Å². The van der Waals surface area contributed by atoms with Crippen LogP contribution in [0.15, 0.2) is 164 Å². The minimum atomic E-state index is -0.0350. The SMILES string of the molecule is CC12CCCCC1(C)N(c1ccccc1)c1cc3c(cc12)-n1c2ccccc2c2cc4c5ccccc5n5c4c(c21)B3c1ccc(B2c3ccccc3-c3ccccc32)cc1-5. The maximum Gasteiger partial charge on any atom is 0.252 e. The summed E-state index contributed by atoms with van der Waals surface area (Å²) in [7, 11) is 0. The quantitative estimate of drug-likeness (QED) is 0.160. The molecule has 5 aliphatic rings. The first-order chi connectivity index (χ1) is 30.0. The van der Waals surface area contributed by atoms with Gasteiger partial charge in [-0.2, -0.15) is 0 Å². The summed E-state index contributed by atoms with van der Waals surface area (Å²) < 4.78 is 5.32. The van der Waals surface area contributed by atoms with Gasteiger partial charge in [-0.15, -0.1) is 0 Å². The lowest BCUT2D eigenvalue weighted by atomic mass is 9.33. The lowest BCUT2D eigenvalue weighted by Crippen LogP contribution is -2.60. The second kappa shape index (κ2) is 11.2. The Morgan fingerprint density at radius 3 is 1.74 bits per heavy atom. The van der Waals surface area contributed by atoms with Gasteiger partial charge in [0, 0.05) is 49.7 Å². The smallest absolute Gasteiger partial charge is 0.252 e. The first-order valence-electron chi connectivity index (χ1n) is 22.4. The second-order valence-electron chi connectivity index (χ2n) is 19.1. The van der Waals surface area contributed by atoms with Crippen LogP contribution in [0.25, 0.3) is 66.1 Å². The zero-order valence-corrected chi connectivity index (χ0v) is 34.4. The number of anilines is 2. The molecule has 6 heterocycles. The maximum atomic E-state index is 2.76. The summed E-state index contributed by atoms with van der Waals surface area (Å²) in [4.78, 5) is 2.76. The fraction of sp³-hybridized carbons (Fsp3) is 0.143. The highest BCUT2D eigenvalue weighted by atomic mass is 15.3. The molecule has 2 aromatic heterocycles. The van der Waals surface area contributed by atoms with Gasteiger partial charge in [-0.3, -0.25) is 0 Å². The molecule has 1 fully saturated rings. The third kappa shape index (κ3) is 3.79. The van der Waals surface area contributed by atoms with Crippen LogP contribution in [0.4, 0.5) is 11.4 Å². The lowest BCUT2D eigenvalue weighted by molar-refractivity contribution is 0.195. The van der Waals surface area contributed by atoms with Gasteiger partial charge in [0.1, 0.15) is 0 Å². The summed E-state index contributed by atoms with van der Waals surface area (Å²) in [5.74, 6) is 0. The minimum absolute atomic E-state index is 0.0113. The molecule has 0 N–H and O–H groups in total. The molecule has 0 bridgehead atoms. The van der Waals surface area contributed by atoms with Crippen molar-refractivity contribution in [2.24, 2.45) is 0 Å². The van der Waals surface area contributed by atoms with Crippen molar-refractivity contribution in [1.82, 2.24) is 9.13 Å². The van der Waals surface area contributed by atoms with Crippen LogP contribution < -0.4 is 37.7 Å². The topological polar surface area (TPSA) is 13.1 Å². The van der Waals surface area contributed by atoms with E-state index in [0.717, 1.165) is 0 Å². The van der Waals surface area contributed by atoms with Crippen molar-refractivity contribution in [2.45, 2.75) is 50.5 Å². The molecule has 0 amide bonds. The Bertz CT molecular complexity index is 3570. The van der Waals surface area contributed by atoms with Crippen molar-refractivity contribution in [1.29, 1.82) is 0 Å². The molecule has 2 unspecified atom stereocenters. The van der Waals surface area contributed by atoms with E-state index in [1.54, 1.807) is 0 Å². The summed E-state index contributed by atoms with van der Waals surface area (Å²) >= 11 is 0. The highest BCUT2D eigenvalue weighted by Crippen LogP contribution is 2.61. The monoisotopic (exact) mass is 777 g/mol. The predicted octanol–water partition coefficient (Wildman–Crippen LogP) is 9.26. The molecule has 0 spiro atoms. The number of nitrogens with zero attached hydrogens (tertiary/aromatic N) is 3. The Kier molecular flexibility index (Phi) is 6.05. The number of aromatic nitrogens is 2. The van der Waals surface area contributed by atoms with Crippen molar-refractivity contribution in [2.75, 3.05) is 4.90 Å². The molecule has 2 atom stereocenters. The van der Waals surface area contributed by atoms with Gasteiger partial charge in [0.15, 0.2) is 0 Å². The molecule has 5 heteroatoms. The Balaban J connectivity index is 1.09. The molecule has 3 nitrogen and oxygen atoms in total. The molecular weight excluding hydrogens is 736 g/mol. The van der Waals surface area contributed by atoms with Crippen molar-refractivity contribution in [3.05, 3.63) is 169 Å². The van der Waals surface area contributed by atoms with E-state index in [1.807, 2.05) is 0 Å². The van der Waals surface area contributed by atoms with Crippen LogP contribution in [0.3, 0.4) is 0 Å². The highest BCUT2D eigenvalue weighted by molar-refractivity contribution is 7.01. The number of hydrogen-bond acceptors (Lipinski definition) is 1. The van der Waals surface area contributed by atoms with E-state index in [2.05, 4.69) is 192 Å². The van der Waals surface area contributed by atoms with Crippen molar-refractivity contribution in [3.63, 3.8) is 0 Å². The molecule has 15 rings (SSSR count). The van der Waals surface area contributed by atoms with E-state index in [-0.39, 0.29) is 24.4 Å². The largest absolute Gasteiger partial charge is 0.334 e. The van der Waals surface area contributed by atoms with E-state index < -0.39 is 0 Å². The zero-order chi connectivity index (χ0) is 39.9. The Labute approximate surface area is 356 Å². The molecule has 10 aromatic rings. The van der Waals surface area contributed by atoms with Crippen molar-refractivity contribution in [3.8, 4) is 22.5 Å². The van der Waals surface area contributed by atoms with Gasteiger partial charge in [0.2, 0.25) is 6.71 Å². The van der Waals surface area contributed by atoms with Crippen LogP contribution in [0.5, 0.6) is 0 Å². The Morgan fingerprint density at radius 2 is 1.05 bits per heavy atom. The van der Waals surface area contributed by atoms with Crippen LogP contribution in [0.2, 0.25) is 0 Å². The fourth-order valence-electron chi connectivity index (χ4n) is 13.7. The highest BCUT2D eigenvalue weighted by Gasteiger charge is 2.58. The molecule has 286 valence electrons. The number of para-hydroxylation sites is 3. The molecule has 8 aromatic carbocycles. The molecule has 4 aliphatic heterocycles. The van der Waals surface area contributed by atoms with E-state index in [9.17, 15) is 0 Å². The predicted molar refractivity (Wildman–Crippen MR) is 259 cm³/mol. The molecule has 1 aliphatic carbocycles. The Hall–Kier alpha value is -6.71. The standard InChI is InChI=1S/C56H41B2N3/c1-55-28-14-15-29-56(55,2)61(35-16-4-3-5-17-35)49-33-46-51(32-42(49)55)60-48-25-13-9-21-39(48)41-31-40-38-20-8-12-24-47(38)59-50-30-34(26-27-45(50)58(46)52(53(40)59)54(41)60)57-43-22-10-6-18-36(43)37-19-7-11-23-44(37)57/h3-13,16-27,30-33H,14-15,28-29H2,1-2H3. The average molecular weight is 778 g/mol. The van der Waals surface area contributed by atoms with E-state index in [4.69, 9.17) is 0 Å².